The predicted molar refractivity (Wildman–Crippen MR) is 67.5 cm³/mol. The lowest BCUT2D eigenvalue weighted by atomic mass is 10.1. The maximum Gasteiger partial charge on any atom is 0.343 e. The first kappa shape index (κ1) is 14.0. The average Bonchev–Trinajstić information content (AvgIpc) is 2.38. The highest BCUT2D eigenvalue weighted by molar-refractivity contribution is 6.02. The third-order valence-corrected chi connectivity index (χ3v) is 2.37. The van der Waals surface area contributed by atoms with E-state index in [4.69, 9.17) is 9.84 Å². The monoisotopic (exact) mass is 248 g/mol. The van der Waals surface area contributed by atoms with Crippen LogP contribution >= 0.6 is 0 Å². The van der Waals surface area contributed by atoms with E-state index < -0.39 is 11.9 Å². The summed E-state index contributed by atoms with van der Waals surface area (Å²) in [4.78, 5) is 22.6. The zero-order valence-electron chi connectivity index (χ0n) is 10.3. The molecule has 0 aliphatic heterocycles. The topological polar surface area (TPSA) is 63.6 Å². The molecule has 0 unspecified atom stereocenters. The van der Waals surface area contributed by atoms with E-state index in [2.05, 4.69) is 6.92 Å². The van der Waals surface area contributed by atoms with Crippen molar-refractivity contribution in [1.82, 2.24) is 0 Å². The van der Waals surface area contributed by atoms with Crippen LogP contribution in [0.4, 0.5) is 0 Å². The van der Waals surface area contributed by atoms with Crippen molar-refractivity contribution in [1.29, 1.82) is 0 Å². The number of carboxylic acids is 1. The van der Waals surface area contributed by atoms with E-state index in [-0.39, 0.29) is 11.1 Å². The lowest BCUT2D eigenvalue weighted by Crippen LogP contribution is -2.09. The summed E-state index contributed by atoms with van der Waals surface area (Å²) >= 11 is 0. The van der Waals surface area contributed by atoms with Crippen molar-refractivity contribution in [2.45, 2.75) is 26.2 Å². The first-order valence-electron chi connectivity index (χ1n) is 5.85. The van der Waals surface area contributed by atoms with Crippen molar-refractivity contribution in [3.63, 3.8) is 0 Å². The highest BCUT2D eigenvalue weighted by atomic mass is 16.5. The van der Waals surface area contributed by atoms with Gasteiger partial charge in [-0.3, -0.25) is 0 Å². The van der Waals surface area contributed by atoms with Crippen molar-refractivity contribution in [2.75, 3.05) is 0 Å². The first-order chi connectivity index (χ1) is 8.66. The Kier molecular flexibility index (Phi) is 5.64. The van der Waals surface area contributed by atoms with Crippen LogP contribution in [0.2, 0.25) is 0 Å². The predicted octanol–water partition coefficient (Wildman–Crippen LogP) is 3.25. The second kappa shape index (κ2) is 7.27. The Labute approximate surface area is 106 Å². The Hall–Kier alpha value is -2.10. The quantitative estimate of drug-likeness (QED) is 0.477. The number of carbonyl (C=O) groups excluding carboxylic acids is 1. The van der Waals surface area contributed by atoms with Crippen LogP contribution in [0.3, 0.4) is 0 Å². The van der Waals surface area contributed by atoms with Gasteiger partial charge in [0.25, 0.3) is 0 Å². The number of benzene rings is 1. The molecular weight excluding hydrogens is 232 g/mol. The minimum Gasteiger partial charge on any atom is -0.478 e. The van der Waals surface area contributed by atoms with E-state index in [0.717, 1.165) is 19.3 Å². The Balaban J connectivity index is 2.67. The molecule has 0 radical (unpaired) electrons. The van der Waals surface area contributed by atoms with Gasteiger partial charge in [-0.25, -0.2) is 9.59 Å². The number of allylic oxidation sites excluding steroid dienone is 1. The number of hydrogen-bond acceptors (Lipinski definition) is 3. The normalized spacial score (nSPS) is 10.5. The molecule has 1 N–H and O–H groups in total. The fourth-order valence-electron chi connectivity index (χ4n) is 1.41. The number of aromatic carboxylic acids is 1. The van der Waals surface area contributed by atoms with Crippen LogP contribution in [0, 0.1) is 0 Å². The van der Waals surface area contributed by atoms with Crippen LogP contribution in [0.15, 0.2) is 36.6 Å². The number of rotatable bonds is 6. The van der Waals surface area contributed by atoms with Gasteiger partial charge in [0.15, 0.2) is 0 Å². The number of carbonyl (C=O) groups is 2. The molecule has 0 bridgehead atoms. The van der Waals surface area contributed by atoms with Crippen LogP contribution in [0.1, 0.15) is 46.9 Å². The molecule has 0 aromatic heterocycles. The summed E-state index contributed by atoms with van der Waals surface area (Å²) in [7, 11) is 0. The van der Waals surface area contributed by atoms with E-state index >= 15 is 0 Å². The number of hydrogen-bond donors (Lipinski definition) is 1. The molecule has 0 spiro atoms. The second-order valence-corrected chi connectivity index (χ2v) is 3.77. The van der Waals surface area contributed by atoms with Gasteiger partial charge < -0.3 is 9.84 Å². The van der Waals surface area contributed by atoms with Gasteiger partial charge in [-0.15, -0.1) is 0 Å². The first-order valence-corrected chi connectivity index (χ1v) is 5.85. The van der Waals surface area contributed by atoms with Crippen LogP contribution in [0.25, 0.3) is 0 Å². The van der Waals surface area contributed by atoms with E-state index in [9.17, 15) is 9.59 Å². The molecule has 0 atom stereocenters. The van der Waals surface area contributed by atoms with Crippen LogP contribution in [-0.2, 0) is 4.74 Å². The zero-order valence-corrected chi connectivity index (χ0v) is 10.3. The molecule has 1 aromatic rings. The third kappa shape index (κ3) is 4.05. The summed E-state index contributed by atoms with van der Waals surface area (Å²) in [5.74, 6) is -1.79. The molecule has 1 aromatic carbocycles. The zero-order chi connectivity index (χ0) is 13.4. The van der Waals surface area contributed by atoms with Gasteiger partial charge in [-0.05, 0) is 31.1 Å². The molecule has 0 saturated heterocycles. The Bertz CT molecular complexity index is 449. The van der Waals surface area contributed by atoms with Crippen molar-refractivity contribution in [2.24, 2.45) is 0 Å². The fourth-order valence-corrected chi connectivity index (χ4v) is 1.41. The third-order valence-electron chi connectivity index (χ3n) is 2.37. The van der Waals surface area contributed by atoms with Crippen molar-refractivity contribution in [3.8, 4) is 0 Å². The molecule has 4 heteroatoms. The summed E-state index contributed by atoms with van der Waals surface area (Å²) in [6.07, 6.45) is 6.01. The fraction of sp³-hybridized carbons (Fsp3) is 0.286. The van der Waals surface area contributed by atoms with Crippen LogP contribution in [0.5, 0.6) is 0 Å². The van der Waals surface area contributed by atoms with Crippen LogP contribution in [-0.4, -0.2) is 17.0 Å². The molecule has 0 aliphatic carbocycles. The summed E-state index contributed by atoms with van der Waals surface area (Å²) < 4.78 is 4.88. The minimum atomic E-state index is -1.14. The standard InChI is InChI=1S/C14H16O4/c1-2-3-4-7-10-18-14(17)12-9-6-5-8-11(12)13(15)16/h5-10H,2-4H2,1H3,(H,15,16). The van der Waals surface area contributed by atoms with E-state index in [1.807, 2.05) is 0 Å². The van der Waals surface area contributed by atoms with Gasteiger partial charge in [0.05, 0.1) is 17.4 Å². The van der Waals surface area contributed by atoms with Gasteiger partial charge in [0, 0.05) is 0 Å². The number of carboxylic acid groups (broad SMARTS) is 1. The van der Waals surface area contributed by atoms with Crippen molar-refractivity contribution in [3.05, 3.63) is 47.7 Å². The maximum atomic E-state index is 11.7. The molecule has 0 amide bonds. The van der Waals surface area contributed by atoms with E-state index in [1.54, 1.807) is 18.2 Å². The highest BCUT2D eigenvalue weighted by Crippen LogP contribution is 2.10. The molecular formula is C14H16O4. The smallest absolute Gasteiger partial charge is 0.343 e. The number of unbranched alkanes of at least 4 members (excludes halogenated alkanes) is 2. The van der Waals surface area contributed by atoms with Crippen molar-refractivity contribution < 1.29 is 19.4 Å². The van der Waals surface area contributed by atoms with Gasteiger partial charge in [0.2, 0.25) is 0 Å². The minimum absolute atomic E-state index is 0.0514. The molecule has 0 fully saturated rings. The van der Waals surface area contributed by atoms with Gasteiger partial charge in [0.1, 0.15) is 0 Å². The lowest BCUT2D eigenvalue weighted by Gasteiger charge is -2.03. The Morgan fingerprint density at radius 1 is 1.28 bits per heavy atom. The average molecular weight is 248 g/mol. The van der Waals surface area contributed by atoms with E-state index in [1.165, 1.54) is 18.4 Å². The molecule has 0 aliphatic rings. The largest absolute Gasteiger partial charge is 0.478 e. The second-order valence-electron chi connectivity index (χ2n) is 3.77. The molecule has 18 heavy (non-hydrogen) atoms. The summed E-state index contributed by atoms with van der Waals surface area (Å²) in [6, 6.07) is 5.98. The van der Waals surface area contributed by atoms with Gasteiger partial charge in [-0.1, -0.05) is 25.5 Å². The number of esters is 1. The highest BCUT2D eigenvalue weighted by Gasteiger charge is 2.15. The molecule has 96 valence electrons. The summed E-state index contributed by atoms with van der Waals surface area (Å²) in [5, 5.41) is 8.93. The van der Waals surface area contributed by atoms with Gasteiger partial charge in [-0.2, -0.15) is 0 Å². The Morgan fingerprint density at radius 2 is 1.94 bits per heavy atom. The molecule has 4 nitrogen and oxygen atoms in total. The summed E-state index contributed by atoms with van der Waals surface area (Å²) in [6.45, 7) is 2.07. The Morgan fingerprint density at radius 3 is 2.56 bits per heavy atom. The molecule has 0 heterocycles. The van der Waals surface area contributed by atoms with Crippen LogP contribution < -0.4 is 0 Å². The van der Waals surface area contributed by atoms with E-state index in [0.29, 0.717) is 0 Å². The van der Waals surface area contributed by atoms with Crippen molar-refractivity contribution >= 4 is 11.9 Å². The maximum absolute atomic E-state index is 11.7. The molecule has 1 rings (SSSR count). The lowest BCUT2D eigenvalue weighted by molar-refractivity contribution is 0.0631. The van der Waals surface area contributed by atoms with Gasteiger partial charge >= 0.3 is 11.9 Å². The SMILES string of the molecule is CCCCC=COC(=O)c1ccccc1C(=O)O. The molecule has 0 saturated carbocycles. The summed E-state index contributed by atoms with van der Waals surface area (Å²) in [5.41, 5.74) is 0.00889. The number of ether oxygens (including phenoxy) is 1.